The first-order chi connectivity index (χ1) is 10.3. The lowest BCUT2D eigenvalue weighted by Crippen LogP contribution is -2.47. The highest BCUT2D eigenvalue weighted by Crippen LogP contribution is 2.21. The first-order valence-corrected chi connectivity index (χ1v) is 8.68. The Hall–Kier alpha value is -1.96. The van der Waals surface area contributed by atoms with E-state index in [1.54, 1.807) is 12.1 Å². The van der Waals surface area contributed by atoms with Crippen molar-refractivity contribution >= 4 is 21.8 Å². The van der Waals surface area contributed by atoms with Gasteiger partial charge in [0.1, 0.15) is 11.9 Å². The number of carbonyl (C=O) groups excluding carboxylic acids is 2. The standard InChI is InChI=1S/C14H17FN2O4S/c1-22(20,21)17-12(6-7-13(17)18)14(19)16-9-8-10-2-4-11(15)5-3-10/h2-5,12H,6-9H2,1H3,(H,16,19). The van der Waals surface area contributed by atoms with Gasteiger partial charge in [-0.2, -0.15) is 0 Å². The van der Waals surface area contributed by atoms with E-state index in [0.29, 0.717) is 10.7 Å². The number of sulfonamides is 1. The van der Waals surface area contributed by atoms with Crippen LogP contribution in [0.25, 0.3) is 0 Å². The van der Waals surface area contributed by atoms with Gasteiger partial charge in [0.05, 0.1) is 6.26 Å². The van der Waals surface area contributed by atoms with Gasteiger partial charge in [-0.15, -0.1) is 0 Å². The van der Waals surface area contributed by atoms with Crippen molar-refractivity contribution in [2.75, 3.05) is 12.8 Å². The predicted octanol–water partition coefficient (Wildman–Crippen LogP) is 0.435. The van der Waals surface area contributed by atoms with Crippen molar-refractivity contribution in [3.05, 3.63) is 35.6 Å². The molecule has 1 atom stereocenters. The summed E-state index contributed by atoms with van der Waals surface area (Å²) in [4.78, 5) is 23.7. The number of hydrogen-bond donors (Lipinski definition) is 1. The van der Waals surface area contributed by atoms with Gasteiger partial charge in [0, 0.05) is 13.0 Å². The number of rotatable bonds is 5. The monoisotopic (exact) mass is 328 g/mol. The minimum atomic E-state index is -3.75. The molecule has 0 spiro atoms. The molecule has 0 aromatic heterocycles. The van der Waals surface area contributed by atoms with E-state index in [-0.39, 0.29) is 25.2 Å². The zero-order valence-corrected chi connectivity index (χ0v) is 12.9. The van der Waals surface area contributed by atoms with Crippen molar-refractivity contribution in [2.24, 2.45) is 0 Å². The van der Waals surface area contributed by atoms with Crippen LogP contribution in [0.15, 0.2) is 24.3 Å². The van der Waals surface area contributed by atoms with Crippen LogP contribution >= 0.6 is 0 Å². The second-order valence-electron chi connectivity index (χ2n) is 5.17. The summed E-state index contributed by atoms with van der Waals surface area (Å²) >= 11 is 0. The summed E-state index contributed by atoms with van der Waals surface area (Å²) in [5.74, 6) is -1.37. The van der Waals surface area contributed by atoms with Gasteiger partial charge >= 0.3 is 0 Å². The first-order valence-electron chi connectivity index (χ1n) is 6.83. The SMILES string of the molecule is CS(=O)(=O)N1C(=O)CCC1C(=O)NCCc1ccc(F)cc1. The zero-order chi connectivity index (χ0) is 16.3. The van der Waals surface area contributed by atoms with E-state index in [0.717, 1.165) is 11.8 Å². The highest BCUT2D eigenvalue weighted by Gasteiger charge is 2.41. The molecule has 1 heterocycles. The smallest absolute Gasteiger partial charge is 0.244 e. The predicted molar refractivity (Wildman–Crippen MR) is 77.8 cm³/mol. The summed E-state index contributed by atoms with van der Waals surface area (Å²) in [5.41, 5.74) is 0.851. The second-order valence-corrected chi connectivity index (χ2v) is 7.03. The molecule has 1 fully saturated rings. The van der Waals surface area contributed by atoms with Crippen LogP contribution in [-0.4, -0.2) is 43.4 Å². The Bertz CT molecular complexity index is 673. The Balaban J connectivity index is 1.92. The minimum Gasteiger partial charge on any atom is -0.354 e. The van der Waals surface area contributed by atoms with Crippen molar-refractivity contribution in [1.82, 2.24) is 9.62 Å². The third kappa shape index (κ3) is 3.82. The molecule has 1 saturated heterocycles. The molecule has 120 valence electrons. The van der Waals surface area contributed by atoms with Crippen LogP contribution < -0.4 is 5.32 Å². The Morgan fingerprint density at radius 3 is 2.59 bits per heavy atom. The number of hydrogen-bond acceptors (Lipinski definition) is 4. The Morgan fingerprint density at radius 2 is 2.00 bits per heavy atom. The molecular weight excluding hydrogens is 311 g/mol. The maximum absolute atomic E-state index is 12.8. The first kappa shape index (κ1) is 16.4. The number of nitrogens with one attached hydrogen (secondary N) is 1. The molecule has 0 bridgehead atoms. The lowest BCUT2D eigenvalue weighted by molar-refractivity contribution is -0.130. The largest absolute Gasteiger partial charge is 0.354 e. The van der Waals surface area contributed by atoms with Crippen LogP contribution in [0, 0.1) is 5.82 Å². The molecule has 1 aromatic rings. The molecule has 1 unspecified atom stereocenters. The molecule has 8 heteroatoms. The summed E-state index contributed by atoms with van der Waals surface area (Å²) < 4.78 is 36.6. The van der Waals surface area contributed by atoms with Gasteiger partial charge in [-0.1, -0.05) is 12.1 Å². The molecule has 22 heavy (non-hydrogen) atoms. The van der Waals surface area contributed by atoms with Gasteiger partial charge < -0.3 is 5.32 Å². The third-order valence-corrected chi connectivity index (χ3v) is 4.62. The lowest BCUT2D eigenvalue weighted by atomic mass is 10.1. The summed E-state index contributed by atoms with van der Waals surface area (Å²) in [7, 11) is -3.75. The molecule has 1 aliphatic rings. The molecule has 0 radical (unpaired) electrons. The number of carbonyl (C=O) groups is 2. The van der Waals surface area contributed by atoms with Crippen LogP contribution in [0.1, 0.15) is 18.4 Å². The van der Waals surface area contributed by atoms with Gasteiger partial charge in [0.25, 0.3) is 0 Å². The summed E-state index contributed by atoms with van der Waals surface area (Å²) in [6.45, 7) is 0.284. The highest BCUT2D eigenvalue weighted by molar-refractivity contribution is 7.89. The third-order valence-electron chi connectivity index (χ3n) is 3.45. The topological polar surface area (TPSA) is 83.6 Å². The summed E-state index contributed by atoms with van der Waals surface area (Å²) in [6.07, 6.45) is 1.64. The molecule has 2 rings (SSSR count). The fraction of sp³-hybridized carbons (Fsp3) is 0.429. The van der Waals surface area contributed by atoms with E-state index in [9.17, 15) is 22.4 Å². The van der Waals surface area contributed by atoms with Crippen LogP contribution in [0.5, 0.6) is 0 Å². The van der Waals surface area contributed by atoms with Gasteiger partial charge in [-0.25, -0.2) is 17.1 Å². The Labute approximate surface area is 128 Å². The molecule has 0 saturated carbocycles. The second kappa shape index (κ2) is 6.43. The minimum absolute atomic E-state index is 0.0448. The number of benzene rings is 1. The molecule has 1 N–H and O–H groups in total. The van der Waals surface area contributed by atoms with Crippen molar-refractivity contribution in [3.8, 4) is 0 Å². The van der Waals surface area contributed by atoms with Crippen LogP contribution in [0.3, 0.4) is 0 Å². The van der Waals surface area contributed by atoms with E-state index in [2.05, 4.69) is 5.32 Å². The van der Waals surface area contributed by atoms with Gasteiger partial charge in [0.15, 0.2) is 0 Å². The van der Waals surface area contributed by atoms with Crippen LogP contribution in [-0.2, 0) is 26.0 Å². The van der Waals surface area contributed by atoms with E-state index >= 15 is 0 Å². The van der Waals surface area contributed by atoms with Crippen LogP contribution in [0.4, 0.5) is 4.39 Å². The average molecular weight is 328 g/mol. The molecular formula is C14H17FN2O4S. The number of halogens is 1. The summed E-state index contributed by atoms with van der Waals surface area (Å²) in [6, 6.07) is 4.92. The van der Waals surface area contributed by atoms with E-state index in [4.69, 9.17) is 0 Å². The van der Waals surface area contributed by atoms with E-state index in [1.165, 1.54) is 12.1 Å². The summed E-state index contributed by atoms with van der Waals surface area (Å²) in [5, 5.41) is 2.62. The fourth-order valence-electron chi connectivity index (χ4n) is 2.41. The molecule has 6 nitrogen and oxygen atoms in total. The number of amides is 2. The van der Waals surface area contributed by atoms with Crippen molar-refractivity contribution in [3.63, 3.8) is 0 Å². The van der Waals surface area contributed by atoms with E-state index in [1.807, 2.05) is 0 Å². The maximum atomic E-state index is 12.8. The molecule has 1 aliphatic heterocycles. The van der Waals surface area contributed by atoms with E-state index < -0.39 is 27.9 Å². The Morgan fingerprint density at radius 1 is 1.36 bits per heavy atom. The van der Waals surface area contributed by atoms with Crippen molar-refractivity contribution in [1.29, 1.82) is 0 Å². The normalized spacial score (nSPS) is 18.5. The lowest BCUT2D eigenvalue weighted by Gasteiger charge is -2.21. The fourth-order valence-corrected chi connectivity index (χ4v) is 3.54. The molecule has 2 amide bonds. The zero-order valence-electron chi connectivity index (χ0n) is 12.1. The highest BCUT2D eigenvalue weighted by atomic mass is 32.2. The van der Waals surface area contributed by atoms with Crippen LogP contribution in [0.2, 0.25) is 0 Å². The Kier molecular flexibility index (Phi) is 4.80. The number of nitrogens with zero attached hydrogens (tertiary/aromatic N) is 1. The molecule has 0 aliphatic carbocycles. The average Bonchev–Trinajstić information content (AvgIpc) is 2.83. The quantitative estimate of drug-likeness (QED) is 0.850. The molecule has 1 aromatic carbocycles. The van der Waals surface area contributed by atoms with Crippen molar-refractivity contribution < 1.29 is 22.4 Å². The van der Waals surface area contributed by atoms with Gasteiger partial charge in [-0.3, -0.25) is 9.59 Å². The van der Waals surface area contributed by atoms with Gasteiger partial charge in [-0.05, 0) is 30.5 Å². The van der Waals surface area contributed by atoms with Crippen molar-refractivity contribution in [2.45, 2.75) is 25.3 Å². The van der Waals surface area contributed by atoms with Gasteiger partial charge in [0.2, 0.25) is 21.8 Å². The maximum Gasteiger partial charge on any atom is 0.244 e.